The van der Waals surface area contributed by atoms with Crippen LogP contribution in [0.3, 0.4) is 0 Å². The van der Waals surface area contributed by atoms with Crippen molar-refractivity contribution in [3.63, 3.8) is 0 Å². The highest BCUT2D eigenvalue weighted by Crippen LogP contribution is 2.26. The minimum atomic E-state index is -4.30. The predicted octanol–water partition coefficient (Wildman–Crippen LogP) is 3.84. The van der Waals surface area contributed by atoms with E-state index in [0.717, 1.165) is 25.7 Å². The third kappa shape index (κ3) is 12.5. The first-order chi connectivity index (χ1) is 22.4. The van der Waals surface area contributed by atoms with Gasteiger partial charge in [-0.1, -0.05) is 44.1 Å². The van der Waals surface area contributed by atoms with E-state index in [1.807, 2.05) is 13.0 Å². The van der Waals surface area contributed by atoms with Gasteiger partial charge in [0.15, 0.2) is 0 Å². The summed E-state index contributed by atoms with van der Waals surface area (Å²) in [4.78, 5) is 48.4. The third-order valence-corrected chi connectivity index (χ3v) is 8.88. The number of aliphatic hydroxyl groups excluding tert-OH is 1. The molecule has 12 nitrogen and oxygen atoms in total. The van der Waals surface area contributed by atoms with Crippen molar-refractivity contribution in [2.24, 2.45) is 0 Å². The summed E-state index contributed by atoms with van der Waals surface area (Å²) >= 11 is 0. The number of hydrogen-bond donors (Lipinski definition) is 2. The number of allylic oxidation sites excluding steroid dienone is 3. The molecular formula is C34H41N3O9S. The van der Waals surface area contributed by atoms with Crippen molar-refractivity contribution in [2.45, 2.75) is 88.2 Å². The highest BCUT2D eigenvalue weighted by molar-refractivity contribution is 7.89. The van der Waals surface area contributed by atoms with Gasteiger partial charge in [-0.25, -0.2) is 22.3 Å². The number of ether oxygens (including phenoxy) is 2. The Morgan fingerprint density at radius 3 is 2.51 bits per heavy atom. The molecule has 47 heavy (non-hydrogen) atoms. The highest BCUT2D eigenvalue weighted by atomic mass is 32.2. The molecule has 1 aliphatic rings. The number of carbonyl (C=O) groups excluding carboxylic acids is 4. The van der Waals surface area contributed by atoms with Gasteiger partial charge >= 0.3 is 11.9 Å². The van der Waals surface area contributed by atoms with E-state index >= 15 is 0 Å². The van der Waals surface area contributed by atoms with E-state index in [-0.39, 0.29) is 42.0 Å². The lowest BCUT2D eigenvalue weighted by Gasteiger charge is -2.19. The molecule has 252 valence electrons. The summed E-state index contributed by atoms with van der Waals surface area (Å²) in [6.07, 6.45) is 16.8. The molecule has 1 heterocycles. The Hall–Kier alpha value is -4.72. The summed E-state index contributed by atoms with van der Waals surface area (Å²) in [6.45, 7) is 3.16. The number of nitrogens with zero attached hydrogens (tertiary/aromatic N) is 2. The van der Waals surface area contributed by atoms with Crippen molar-refractivity contribution in [3.8, 4) is 18.4 Å². The van der Waals surface area contributed by atoms with Gasteiger partial charge in [0.05, 0.1) is 35.7 Å². The summed E-state index contributed by atoms with van der Waals surface area (Å²) in [5, 5.41) is 21.5. The maximum Gasteiger partial charge on any atom is 0.355 e. The minimum Gasteiger partial charge on any atom is -0.462 e. The number of cyclic esters (lactones) is 1. The number of nitriles is 1. The second kappa shape index (κ2) is 19.1. The van der Waals surface area contributed by atoms with Gasteiger partial charge in [0.25, 0.3) is 10.0 Å². The number of amides is 2. The highest BCUT2D eigenvalue weighted by Gasteiger charge is 2.35. The third-order valence-electron chi connectivity index (χ3n) is 7.10. The average molecular weight is 668 g/mol. The Bertz CT molecular complexity index is 1550. The topological polar surface area (TPSA) is 180 Å². The van der Waals surface area contributed by atoms with Crippen LogP contribution in [0, 0.1) is 23.7 Å². The number of aliphatic hydroxyl groups is 1. The maximum absolute atomic E-state index is 12.9. The standard InChI is InChI=1S/C34H41N3O9S/c1-4-6-16-31(40)37(22-21-35)47(43,44)28-19-17-26(18-20-28)32(41)45-23-14-12-10-8-7-9-11-13-15-27(38)24-30(39)36-29-25-34(3,5-2)46-33(29)42/h1,9,11,13,15,17-20,25,27,38H,5-8,10,12,14,16,22-24H2,2-3H3,(H,36,39)/b11-9+,15-13-/t27-,34-/m0/s1. The maximum atomic E-state index is 12.9. The fourth-order valence-electron chi connectivity index (χ4n) is 4.28. The molecular weight excluding hydrogens is 626 g/mol. The molecule has 1 aromatic rings. The predicted molar refractivity (Wildman–Crippen MR) is 172 cm³/mol. The van der Waals surface area contributed by atoms with Crippen LogP contribution < -0.4 is 5.32 Å². The molecule has 0 fully saturated rings. The molecule has 0 bridgehead atoms. The molecule has 2 atom stereocenters. The quantitative estimate of drug-likeness (QED) is 0.0724. The van der Waals surface area contributed by atoms with Crippen LogP contribution >= 0.6 is 0 Å². The van der Waals surface area contributed by atoms with Crippen LogP contribution in [0.2, 0.25) is 0 Å². The molecule has 1 aliphatic heterocycles. The van der Waals surface area contributed by atoms with E-state index in [0.29, 0.717) is 17.1 Å². The van der Waals surface area contributed by atoms with Gasteiger partial charge in [0.1, 0.15) is 17.8 Å². The molecule has 0 radical (unpaired) electrons. The van der Waals surface area contributed by atoms with Crippen molar-refractivity contribution in [1.82, 2.24) is 9.62 Å². The first kappa shape index (κ1) is 38.5. The zero-order chi connectivity index (χ0) is 34.9. The first-order valence-corrected chi connectivity index (χ1v) is 16.7. The van der Waals surface area contributed by atoms with Crippen LogP contribution in [0.15, 0.2) is 65.2 Å². The lowest BCUT2D eigenvalue weighted by atomic mass is 10.0. The van der Waals surface area contributed by atoms with Gasteiger partial charge in [0, 0.05) is 12.8 Å². The summed E-state index contributed by atoms with van der Waals surface area (Å²) in [7, 11) is -4.30. The van der Waals surface area contributed by atoms with Gasteiger partial charge in [-0.15, -0.1) is 12.3 Å². The number of hydrogen-bond acceptors (Lipinski definition) is 10. The second-order valence-corrected chi connectivity index (χ2v) is 12.7. The van der Waals surface area contributed by atoms with Crippen LogP contribution in [0.1, 0.15) is 82.0 Å². The zero-order valence-electron chi connectivity index (χ0n) is 26.6. The molecule has 0 spiro atoms. The van der Waals surface area contributed by atoms with Crippen LogP contribution in [-0.4, -0.2) is 66.4 Å². The van der Waals surface area contributed by atoms with Gasteiger partial charge in [-0.2, -0.15) is 5.26 Å². The summed E-state index contributed by atoms with van der Waals surface area (Å²) < 4.78 is 36.7. The summed E-state index contributed by atoms with van der Waals surface area (Å²) in [6, 6.07) is 6.60. The van der Waals surface area contributed by atoms with Crippen molar-refractivity contribution < 1.29 is 42.2 Å². The summed E-state index contributed by atoms with van der Waals surface area (Å²) in [5.41, 5.74) is -0.503. The fraction of sp³-hybridized carbons (Fsp3) is 0.441. The number of nitrogens with one attached hydrogen (secondary N) is 1. The Labute approximate surface area is 276 Å². The number of benzene rings is 1. The Balaban J connectivity index is 1.64. The Kier molecular flexibility index (Phi) is 15.6. The lowest BCUT2D eigenvalue weighted by Crippen LogP contribution is -2.37. The second-order valence-electron chi connectivity index (χ2n) is 10.9. The number of rotatable bonds is 19. The number of sulfonamides is 1. The van der Waals surface area contributed by atoms with E-state index < -0.39 is 52.0 Å². The van der Waals surface area contributed by atoms with Crippen molar-refractivity contribution in [3.05, 3.63) is 65.9 Å². The molecule has 2 N–H and O–H groups in total. The normalized spacial score (nSPS) is 16.6. The van der Waals surface area contributed by atoms with Gasteiger partial charge in [-0.05, 0) is 62.9 Å². The van der Waals surface area contributed by atoms with Gasteiger partial charge in [0.2, 0.25) is 11.8 Å². The van der Waals surface area contributed by atoms with Crippen molar-refractivity contribution >= 4 is 33.8 Å². The molecule has 0 saturated heterocycles. The molecule has 0 saturated carbocycles. The smallest absolute Gasteiger partial charge is 0.355 e. The van der Waals surface area contributed by atoms with Crippen molar-refractivity contribution in [2.75, 3.05) is 13.2 Å². The van der Waals surface area contributed by atoms with Gasteiger partial charge in [-0.3, -0.25) is 9.59 Å². The summed E-state index contributed by atoms with van der Waals surface area (Å²) in [5.74, 6) is -0.225. The number of terminal acetylenes is 1. The largest absolute Gasteiger partial charge is 0.462 e. The van der Waals surface area contributed by atoms with Crippen LogP contribution in [-0.2, 0) is 33.9 Å². The fourth-order valence-corrected chi connectivity index (χ4v) is 5.60. The van der Waals surface area contributed by atoms with E-state index in [9.17, 15) is 32.7 Å². The molecule has 0 aliphatic carbocycles. The lowest BCUT2D eigenvalue weighted by molar-refractivity contribution is -0.146. The molecule has 0 aromatic heterocycles. The van der Waals surface area contributed by atoms with E-state index in [2.05, 4.69) is 11.2 Å². The first-order valence-electron chi connectivity index (χ1n) is 15.3. The molecule has 2 rings (SSSR count). The number of esters is 2. The molecule has 1 aromatic carbocycles. The number of carbonyl (C=O) groups is 4. The Morgan fingerprint density at radius 1 is 1.17 bits per heavy atom. The van der Waals surface area contributed by atoms with Gasteiger partial charge < -0.3 is 19.9 Å². The average Bonchev–Trinajstić information content (AvgIpc) is 3.33. The van der Waals surface area contributed by atoms with Crippen LogP contribution in [0.4, 0.5) is 0 Å². The minimum absolute atomic E-state index is 0.0348. The zero-order valence-corrected chi connectivity index (χ0v) is 27.5. The molecule has 13 heteroatoms. The van der Waals surface area contributed by atoms with E-state index in [1.165, 1.54) is 30.3 Å². The molecule has 2 amide bonds. The molecule has 0 unspecified atom stereocenters. The van der Waals surface area contributed by atoms with E-state index in [4.69, 9.17) is 21.2 Å². The number of unbranched alkanes of at least 4 members (excludes halogenated alkanes) is 4. The Morgan fingerprint density at radius 2 is 1.87 bits per heavy atom. The van der Waals surface area contributed by atoms with Crippen LogP contribution in [0.25, 0.3) is 0 Å². The van der Waals surface area contributed by atoms with E-state index in [1.54, 1.807) is 31.2 Å². The monoisotopic (exact) mass is 667 g/mol. The van der Waals surface area contributed by atoms with Crippen molar-refractivity contribution in [1.29, 1.82) is 5.26 Å². The van der Waals surface area contributed by atoms with Crippen LogP contribution in [0.5, 0.6) is 0 Å². The SMILES string of the molecule is C#CCCC(=O)N(CC#N)S(=O)(=O)c1ccc(C(=O)OCCCCCC/C=C/C=C\[C@H](O)CC(=O)NC2=C[C@](C)(CC)OC2=O)cc1.